The summed E-state index contributed by atoms with van der Waals surface area (Å²) in [4.78, 5) is 20.8. The number of rotatable bonds is 4. The molecule has 9 heteroatoms. The molecule has 0 aromatic carbocycles. The number of hydrogen-bond acceptors (Lipinski definition) is 6. The quantitative estimate of drug-likeness (QED) is 0.849. The summed E-state index contributed by atoms with van der Waals surface area (Å²) in [5, 5.41) is 3.97. The molecule has 1 atom stereocenters. The highest BCUT2D eigenvalue weighted by atomic mass is 35.5. The van der Waals surface area contributed by atoms with E-state index in [9.17, 15) is 4.79 Å². The molecule has 2 heterocycles. The van der Waals surface area contributed by atoms with E-state index in [-0.39, 0.29) is 36.1 Å². The molecule has 2 rings (SSSR count). The van der Waals surface area contributed by atoms with Crippen LogP contribution in [-0.2, 0) is 17.8 Å². The first kappa shape index (κ1) is 23.1. The van der Waals surface area contributed by atoms with Crippen molar-refractivity contribution in [3.8, 4) is 0 Å². The van der Waals surface area contributed by atoms with Crippen molar-refractivity contribution in [1.29, 1.82) is 0 Å². The summed E-state index contributed by atoms with van der Waals surface area (Å²) in [5.41, 5.74) is 5.85. The van der Waals surface area contributed by atoms with Gasteiger partial charge in [-0.3, -0.25) is 9.69 Å². The fourth-order valence-electron chi connectivity index (χ4n) is 2.39. The Bertz CT molecular complexity index is 510. The maximum absolute atomic E-state index is 12.4. The van der Waals surface area contributed by atoms with E-state index < -0.39 is 6.04 Å². The van der Waals surface area contributed by atoms with Crippen LogP contribution in [-0.4, -0.2) is 58.1 Å². The average Bonchev–Trinajstić information content (AvgIpc) is 2.93. The number of hydrogen-bond donors (Lipinski definition) is 1. The topological polar surface area (TPSA) is 88.5 Å². The van der Waals surface area contributed by atoms with Gasteiger partial charge >= 0.3 is 0 Å². The van der Waals surface area contributed by atoms with Gasteiger partial charge in [0.2, 0.25) is 11.8 Å². The van der Waals surface area contributed by atoms with Crippen molar-refractivity contribution in [2.45, 2.75) is 46.7 Å². The zero-order valence-electron chi connectivity index (χ0n) is 14.8. The second-order valence-corrected chi connectivity index (χ2v) is 6.90. The van der Waals surface area contributed by atoms with Crippen molar-refractivity contribution in [2.75, 3.05) is 26.2 Å². The highest BCUT2D eigenvalue weighted by Gasteiger charge is 2.32. The van der Waals surface area contributed by atoms with Gasteiger partial charge in [0, 0.05) is 32.6 Å². The number of carbonyl (C=O) groups is 1. The Morgan fingerprint density at radius 2 is 1.83 bits per heavy atom. The van der Waals surface area contributed by atoms with Crippen LogP contribution >= 0.6 is 24.8 Å². The van der Waals surface area contributed by atoms with Gasteiger partial charge in [0.25, 0.3) is 0 Å². The summed E-state index contributed by atoms with van der Waals surface area (Å²) >= 11 is 0. The molecule has 1 fully saturated rings. The average molecular weight is 382 g/mol. The van der Waals surface area contributed by atoms with Crippen molar-refractivity contribution in [1.82, 2.24) is 19.9 Å². The third-order valence-electron chi connectivity index (χ3n) is 4.06. The molecule has 1 aromatic rings. The lowest BCUT2D eigenvalue weighted by Crippen LogP contribution is -2.56. The number of amides is 1. The molecule has 1 amide bonds. The highest BCUT2D eigenvalue weighted by Crippen LogP contribution is 2.20. The molecule has 0 spiro atoms. The molecule has 24 heavy (non-hydrogen) atoms. The van der Waals surface area contributed by atoms with E-state index in [1.54, 1.807) is 0 Å². The van der Waals surface area contributed by atoms with E-state index in [0.717, 1.165) is 19.5 Å². The van der Waals surface area contributed by atoms with Crippen LogP contribution in [0, 0.1) is 5.41 Å². The first-order valence-electron chi connectivity index (χ1n) is 7.89. The van der Waals surface area contributed by atoms with Crippen molar-refractivity contribution in [2.24, 2.45) is 11.1 Å². The van der Waals surface area contributed by atoms with E-state index in [4.69, 9.17) is 10.3 Å². The Kier molecular flexibility index (Phi) is 9.20. The Hall–Kier alpha value is -0.890. The standard InChI is InChI=1S/C15H27N5O2.2ClH/c1-5-12-17-11(18-22-12)10-19-6-8-20(9-7-19)14(21)13(16)15(2,3)4;;/h13H,5-10,16H2,1-4H3;2*1H/t13-;;/m1../s1. The molecule has 7 nitrogen and oxygen atoms in total. The molecule has 1 aliphatic rings. The normalized spacial score (nSPS) is 17.0. The number of carbonyl (C=O) groups excluding carboxylic acids is 1. The molecule has 0 saturated carbocycles. The fourth-order valence-corrected chi connectivity index (χ4v) is 2.39. The molecule has 0 bridgehead atoms. The second kappa shape index (κ2) is 9.56. The number of piperazine rings is 1. The number of nitrogens with two attached hydrogens (primary N) is 1. The summed E-state index contributed by atoms with van der Waals surface area (Å²) in [6.07, 6.45) is 0.750. The SMILES string of the molecule is CCc1nc(CN2CCN(C(=O)[C@@H](N)C(C)(C)C)CC2)no1.Cl.Cl. The predicted molar refractivity (Wildman–Crippen MR) is 97.5 cm³/mol. The summed E-state index contributed by atoms with van der Waals surface area (Å²) in [7, 11) is 0. The lowest BCUT2D eigenvalue weighted by Gasteiger charge is -2.37. The zero-order valence-corrected chi connectivity index (χ0v) is 16.5. The summed E-state index contributed by atoms with van der Waals surface area (Å²) in [5.74, 6) is 1.42. The maximum atomic E-state index is 12.4. The van der Waals surface area contributed by atoms with Gasteiger partial charge in [0.05, 0.1) is 12.6 Å². The number of aromatic nitrogens is 2. The van der Waals surface area contributed by atoms with Gasteiger partial charge in [0.1, 0.15) is 0 Å². The largest absolute Gasteiger partial charge is 0.339 e. The van der Waals surface area contributed by atoms with Crippen LogP contribution in [0.25, 0.3) is 0 Å². The molecule has 140 valence electrons. The number of nitrogens with zero attached hydrogens (tertiary/aromatic N) is 4. The monoisotopic (exact) mass is 381 g/mol. The Balaban J connectivity index is 0.00000264. The van der Waals surface area contributed by atoms with Crippen molar-refractivity contribution < 1.29 is 9.32 Å². The molecule has 1 aromatic heterocycles. The van der Waals surface area contributed by atoms with Crippen LogP contribution in [0.3, 0.4) is 0 Å². The van der Waals surface area contributed by atoms with Crippen molar-refractivity contribution in [3.05, 3.63) is 11.7 Å². The minimum atomic E-state index is -0.455. The highest BCUT2D eigenvalue weighted by molar-refractivity contribution is 5.85. The molecule has 1 saturated heterocycles. The summed E-state index contributed by atoms with van der Waals surface area (Å²) in [6, 6.07) is -0.455. The third kappa shape index (κ3) is 5.88. The lowest BCUT2D eigenvalue weighted by atomic mass is 9.86. The van der Waals surface area contributed by atoms with Crippen LogP contribution in [0.1, 0.15) is 39.4 Å². The van der Waals surface area contributed by atoms with Crippen molar-refractivity contribution in [3.63, 3.8) is 0 Å². The molecule has 1 aliphatic heterocycles. The van der Waals surface area contributed by atoms with Gasteiger partial charge in [-0.2, -0.15) is 4.98 Å². The van der Waals surface area contributed by atoms with Gasteiger partial charge in [-0.1, -0.05) is 32.9 Å². The third-order valence-corrected chi connectivity index (χ3v) is 4.06. The summed E-state index contributed by atoms with van der Waals surface area (Å²) < 4.78 is 5.11. The maximum Gasteiger partial charge on any atom is 0.240 e. The first-order valence-corrected chi connectivity index (χ1v) is 7.89. The molecular weight excluding hydrogens is 353 g/mol. The smallest absolute Gasteiger partial charge is 0.240 e. The Morgan fingerprint density at radius 1 is 1.25 bits per heavy atom. The van der Waals surface area contributed by atoms with Gasteiger partial charge < -0.3 is 15.2 Å². The number of halogens is 2. The first-order chi connectivity index (χ1) is 10.3. The van der Waals surface area contributed by atoms with E-state index in [0.29, 0.717) is 31.3 Å². The van der Waals surface area contributed by atoms with Gasteiger partial charge in [0.15, 0.2) is 5.82 Å². The van der Waals surface area contributed by atoms with E-state index in [2.05, 4.69) is 15.0 Å². The zero-order chi connectivity index (χ0) is 16.3. The lowest BCUT2D eigenvalue weighted by molar-refractivity contribution is -0.136. The van der Waals surface area contributed by atoms with Crippen LogP contribution in [0.5, 0.6) is 0 Å². The molecular formula is C15H29Cl2N5O2. The summed E-state index contributed by atoms with van der Waals surface area (Å²) in [6.45, 7) is 11.6. The van der Waals surface area contributed by atoms with E-state index in [1.165, 1.54) is 0 Å². The number of aryl methyl sites for hydroxylation is 1. The molecule has 0 unspecified atom stereocenters. The van der Waals surface area contributed by atoms with E-state index in [1.807, 2.05) is 32.6 Å². The van der Waals surface area contributed by atoms with Crippen LogP contribution in [0.2, 0.25) is 0 Å². The Morgan fingerprint density at radius 3 is 2.29 bits per heavy atom. The van der Waals surface area contributed by atoms with Crippen LogP contribution in [0.4, 0.5) is 0 Å². The van der Waals surface area contributed by atoms with Gasteiger partial charge in [-0.25, -0.2) is 0 Å². The van der Waals surface area contributed by atoms with Gasteiger partial charge in [-0.05, 0) is 5.41 Å². The molecule has 2 N–H and O–H groups in total. The fraction of sp³-hybridized carbons (Fsp3) is 0.800. The Labute approximate surface area is 156 Å². The van der Waals surface area contributed by atoms with Crippen molar-refractivity contribution >= 4 is 30.7 Å². The predicted octanol–water partition coefficient (Wildman–Crippen LogP) is 1.49. The minimum Gasteiger partial charge on any atom is -0.339 e. The molecule has 0 aliphatic carbocycles. The van der Waals surface area contributed by atoms with Crippen LogP contribution < -0.4 is 5.73 Å². The van der Waals surface area contributed by atoms with Gasteiger partial charge in [-0.15, -0.1) is 24.8 Å². The van der Waals surface area contributed by atoms with Crippen LogP contribution in [0.15, 0.2) is 4.52 Å². The second-order valence-electron chi connectivity index (χ2n) is 6.90. The van der Waals surface area contributed by atoms with E-state index >= 15 is 0 Å². The molecule has 0 radical (unpaired) electrons. The minimum absolute atomic E-state index is 0.